The number of ether oxygens (including phenoxy) is 2. The van der Waals surface area contributed by atoms with Crippen molar-refractivity contribution < 1.29 is 9.47 Å². The zero-order valence-electron chi connectivity index (χ0n) is 12.2. The lowest BCUT2D eigenvalue weighted by atomic mass is 9.96. The monoisotopic (exact) mass is 317 g/mol. The smallest absolute Gasteiger partial charge is 0.231 e. The molecule has 2 N–H and O–H groups in total. The van der Waals surface area contributed by atoms with Gasteiger partial charge in [-0.1, -0.05) is 6.42 Å². The highest BCUT2D eigenvalue weighted by atomic mass is 32.1. The van der Waals surface area contributed by atoms with Crippen molar-refractivity contribution in [2.75, 3.05) is 6.79 Å². The summed E-state index contributed by atoms with van der Waals surface area (Å²) in [6.07, 6.45) is 7.08. The Morgan fingerprint density at radius 2 is 2.14 bits per heavy atom. The van der Waals surface area contributed by atoms with E-state index in [4.69, 9.17) is 21.7 Å². The summed E-state index contributed by atoms with van der Waals surface area (Å²) in [5.41, 5.74) is 3.85. The Labute approximate surface area is 135 Å². The van der Waals surface area contributed by atoms with Gasteiger partial charge in [0.2, 0.25) is 6.79 Å². The molecule has 5 nitrogen and oxygen atoms in total. The Balaban J connectivity index is 1.29. The molecule has 1 aliphatic heterocycles. The number of nitrogens with one attached hydrogen (secondary N) is 2. The second kappa shape index (κ2) is 5.76. The van der Waals surface area contributed by atoms with E-state index in [1.165, 1.54) is 25.7 Å². The van der Waals surface area contributed by atoms with Crippen molar-refractivity contribution in [2.24, 2.45) is 16.9 Å². The van der Waals surface area contributed by atoms with Gasteiger partial charge in [-0.25, -0.2) is 0 Å². The van der Waals surface area contributed by atoms with Crippen molar-refractivity contribution in [1.82, 2.24) is 10.7 Å². The van der Waals surface area contributed by atoms with Crippen LogP contribution in [0.2, 0.25) is 0 Å². The lowest BCUT2D eigenvalue weighted by Gasteiger charge is -2.23. The van der Waals surface area contributed by atoms with Crippen LogP contribution in [0, 0.1) is 11.8 Å². The van der Waals surface area contributed by atoms with Crippen LogP contribution >= 0.6 is 12.2 Å². The first-order valence-corrected chi connectivity index (χ1v) is 8.18. The highest BCUT2D eigenvalue weighted by Gasteiger charge is 2.39. The van der Waals surface area contributed by atoms with E-state index in [2.05, 4.69) is 15.8 Å². The van der Waals surface area contributed by atoms with Gasteiger partial charge in [-0.15, -0.1) is 0 Å². The fourth-order valence-corrected chi connectivity index (χ4v) is 3.99. The molecular weight excluding hydrogens is 298 g/mol. The summed E-state index contributed by atoms with van der Waals surface area (Å²) >= 11 is 5.32. The highest BCUT2D eigenvalue weighted by Crippen LogP contribution is 2.44. The van der Waals surface area contributed by atoms with Gasteiger partial charge in [-0.3, -0.25) is 5.43 Å². The molecule has 4 rings (SSSR count). The van der Waals surface area contributed by atoms with Gasteiger partial charge in [-0.2, -0.15) is 5.10 Å². The van der Waals surface area contributed by atoms with Crippen LogP contribution in [0.5, 0.6) is 11.5 Å². The standard InChI is InChI=1S/C16H19N3O2S/c22-16(18-13-6-10-1-3-12(13)5-10)19-17-8-11-2-4-14-15(7-11)21-9-20-14/h2,4,7-8,10,12-13H,1,3,5-6,9H2,(H2,18,19,22)/b17-8-/t10-,12+,13+/m0/s1. The summed E-state index contributed by atoms with van der Waals surface area (Å²) < 4.78 is 10.6. The molecule has 0 saturated heterocycles. The lowest BCUT2D eigenvalue weighted by molar-refractivity contribution is 0.174. The average molecular weight is 317 g/mol. The molecule has 2 fully saturated rings. The Hall–Kier alpha value is -1.82. The van der Waals surface area contributed by atoms with E-state index in [9.17, 15) is 0 Å². The molecule has 1 heterocycles. The van der Waals surface area contributed by atoms with Gasteiger partial charge in [0, 0.05) is 6.04 Å². The van der Waals surface area contributed by atoms with Crippen LogP contribution in [0.25, 0.3) is 0 Å². The summed E-state index contributed by atoms with van der Waals surface area (Å²) in [6.45, 7) is 0.283. The quantitative estimate of drug-likeness (QED) is 0.509. The topological polar surface area (TPSA) is 54.9 Å². The Kier molecular flexibility index (Phi) is 3.62. The molecule has 0 unspecified atom stereocenters. The first-order chi connectivity index (χ1) is 10.8. The SMILES string of the molecule is S=C(N/N=C\c1ccc2c(c1)OCO2)N[C@@H]1C[C@H]2CC[C@@H]1C2. The zero-order valence-corrected chi connectivity index (χ0v) is 13.1. The van der Waals surface area contributed by atoms with E-state index in [1.807, 2.05) is 18.2 Å². The molecule has 6 heteroatoms. The van der Waals surface area contributed by atoms with Crippen molar-refractivity contribution in [1.29, 1.82) is 0 Å². The fraction of sp³-hybridized carbons (Fsp3) is 0.500. The van der Waals surface area contributed by atoms with Crippen molar-refractivity contribution in [3.63, 3.8) is 0 Å². The van der Waals surface area contributed by atoms with Gasteiger partial charge in [-0.05, 0) is 67.1 Å². The number of hydrogen-bond donors (Lipinski definition) is 2. The minimum absolute atomic E-state index is 0.283. The lowest BCUT2D eigenvalue weighted by Crippen LogP contribution is -2.42. The van der Waals surface area contributed by atoms with Crippen molar-refractivity contribution >= 4 is 23.5 Å². The largest absolute Gasteiger partial charge is 0.454 e. The minimum Gasteiger partial charge on any atom is -0.454 e. The average Bonchev–Trinajstić information content (AvgIpc) is 3.22. The third kappa shape index (κ3) is 2.75. The number of hydrogen-bond acceptors (Lipinski definition) is 4. The number of rotatable bonds is 3. The zero-order chi connectivity index (χ0) is 14.9. The van der Waals surface area contributed by atoms with Gasteiger partial charge in [0.1, 0.15) is 0 Å². The molecule has 3 atom stereocenters. The molecule has 2 bridgehead atoms. The highest BCUT2D eigenvalue weighted by molar-refractivity contribution is 7.80. The van der Waals surface area contributed by atoms with Gasteiger partial charge >= 0.3 is 0 Å². The first kappa shape index (κ1) is 13.8. The van der Waals surface area contributed by atoms with Crippen molar-refractivity contribution in [3.8, 4) is 11.5 Å². The maximum atomic E-state index is 5.34. The van der Waals surface area contributed by atoms with Gasteiger partial charge in [0.25, 0.3) is 0 Å². The van der Waals surface area contributed by atoms with Crippen LogP contribution in [0.1, 0.15) is 31.2 Å². The number of hydrazone groups is 1. The van der Waals surface area contributed by atoms with E-state index in [-0.39, 0.29) is 6.79 Å². The predicted molar refractivity (Wildman–Crippen MR) is 88.3 cm³/mol. The molecule has 1 aromatic rings. The van der Waals surface area contributed by atoms with Crippen LogP contribution in [0.4, 0.5) is 0 Å². The summed E-state index contributed by atoms with van der Waals surface area (Å²) in [5.74, 6) is 3.23. The summed E-state index contributed by atoms with van der Waals surface area (Å²) in [7, 11) is 0. The third-order valence-electron chi connectivity index (χ3n) is 4.83. The molecule has 0 radical (unpaired) electrons. The summed E-state index contributed by atoms with van der Waals surface area (Å²) in [6, 6.07) is 6.25. The minimum atomic E-state index is 0.283. The predicted octanol–water partition coefficient (Wildman–Crippen LogP) is 2.40. The first-order valence-electron chi connectivity index (χ1n) is 7.77. The third-order valence-corrected chi connectivity index (χ3v) is 5.04. The fourth-order valence-electron chi connectivity index (χ4n) is 3.78. The second-order valence-corrected chi connectivity index (χ2v) is 6.65. The molecular formula is C16H19N3O2S. The Bertz CT molecular complexity index is 619. The molecule has 0 spiro atoms. The Morgan fingerprint density at radius 3 is 2.95 bits per heavy atom. The number of thiocarbonyl (C=S) groups is 1. The summed E-state index contributed by atoms with van der Waals surface area (Å²) in [5, 5.41) is 8.20. The number of nitrogens with zero attached hydrogens (tertiary/aromatic N) is 1. The van der Waals surface area contributed by atoms with Gasteiger partial charge in [0.15, 0.2) is 16.6 Å². The molecule has 2 aliphatic carbocycles. The van der Waals surface area contributed by atoms with E-state index in [0.29, 0.717) is 11.2 Å². The van der Waals surface area contributed by atoms with Crippen molar-refractivity contribution in [2.45, 2.75) is 31.7 Å². The van der Waals surface area contributed by atoms with Crippen molar-refractivity contribution in [3.05, 3.63) is 23.8 Å². The van der Waals surface area contributed by atoms with E-state index in [1.54, 1.807) is 6.21 Å². The van der Waals surface area contributed by atoms with Crippen LogP contribution < -0.4 is 20.2 Å². The van der Waals surface area contributed by atoms with E-state index in [0.717, 1.165) is 28.9 Å². The molecule has 2 saturated carbocycles. The Morgan fingerprint density at radius 1 is 1.23 bits per heavy atom. The van der Waals surface area contributed by atoms with Gasteiger partial charge < -0.3 is 14.8 Å². The molecule has 22 heavy (non-hydrogen) atoms. The second-order valence-electron chi connectivity index (χ2n) is 6.24. The van der Waals surface area contributed by atoms with Crippen LogP contribution in [-0.2, 0) is 0 Å². The maximum absolute atomic E-state index is 5.34. The molecule has 3 aliphatic rings. The molecule has 0 aromatic heterocycles. The summed E-state index contributed by atoms with van der Waals surface area (Å²) in [4.78, 5) is 0. The van der Waals surface area contributed by atoms with E-state index < -0.39 is 0 Å². The molecule has 1 aromatic carbocycles. The normalized spacial score (nSPS) is 28.3. The van der Waals surface area contributed by atoms with Crippen LogP contribution in [0.3, 0.4) is 0 Å². The van der Waals surface area contributed by atoms with Crippen LogP contribution in [0.15, 0.2) is 23.3 Å². The van der Waals surface area contributed by atoms with E-state index >= 15 is 0 Å². The molecule has 0 amide bonds. The maximum Gasteiger partial charge on any atom is 0.231 e. The molecule has 116 valence electrons. The van der Waals surface area contributed by atoms with Crippen LogP contribution in [-0.4, -0.2) is 24.2 Å². The van der Waals surface area contributed by atoms with Gasteiger partial charge in [0.05, 0.1) is 6.21 Å². The number of benzene rings is 1. The number of fused-ring (bicyclic) bond motifs is 3.